The molecule has 0 spiro atoms. The van der Waals surface area contributed by atoms with E-state index < -0.39 is 0 Å². The molecule has 0 amide bonds. The Balaban J connectivity index is 2.73. The molecule has 1 rings (SSSR count). The lowest BCUT2D eigenvalue weighted by Crippen LogP contribution is -2.30. The van der Waals surface area contributed by atoms with Crippen LogP contribution < -0.4 is 11.3 Å². The lowest BCUT2D eigenvalue weighted by Gasteiger charge is -2.19. The van der Waals surface area contributed by atoms with Gasteiger partial charge in [-0.1, -0.05) is 23.7 Å². The second kappa shape index (κ2) is 6.08. The number of nitrogens with two attached hydrogens (primary N) is 1. The normalized spacial score (nSPS) is 14.9. The molecule has 1 aromatic carbocycles. The predicted molar refractivity (Wildman–Crippen MR) is 62.6 cm³/mol. The zero-order valence-corrected chi connectivity index (χ0v) is 9.79. The topological polar surface area (TPSA) is 47.3 Å². The third-order valence-corrected chi connectivity index (χ3v) is 2.66. The highest BCUT2D eigenvalue weighted by Crippen LogP contribution is 2.21. The number of benzene rings is 1. The number of halogens is 1. The zero-order valence-electron chi connectivity index (χ0n) is 9.03. The molecule has 4 heteroatoms. The van der Waals surface area contributed by atoms with E-state index >= 15 is 0 Å². The summed E-state index contributed by atoms with van der Waals surface area (Å²) in [5.41, 5.74) is 3.85. The van der Waals surface area contributed by atoms with E-state index in [-0.39, 0.29) is 12.1 Å². The Morgan fingerprint density at radius 1 is 1.53 bits per heavy atom. The second-order valence-electron chi connectivity index (χ2n) is 3.56. The Bertz CT molecular complexity index is 306. The highest BCUT2D eigenvalue weighted by atomic mass is 35.5. The summed E-state index contributed by atoms with van der Waals surface area (Å²) in [6.45, 7) is 2.01. The monoisotopic (exact) mass is 228 g/mol. The first-order valence-corrected chi connectivity index (χ1v) is 5.29. The molecule has 0 aliphatic carbocycles. The molecule has 3 N–H and O–H groups in total. The number of nitrogens with one attached hydrogen (secondary N) is 1. The lowest BCUT2D eigenvalue weighted by atomic mass is 10.0. The van der Waals surface area contributed by atoms with Crippen LogP contribution in [0.1, 0.15) is 24.9 Å². The van der Waals surface area contributed by atoms with Gasteiger partial charge in [0.05, 0.1) is 6.10 Å². The fourth-order valence-electron chi connectivity index (χ4n) is 1.45. The van der Waals surface area contributed by atoms with Crippen molar-refractivity contribution in [2.75, 3.05) is 7.11 Å². The fraction of sp³-hybridized carbons (Fsp3) is 0.455. The molecule has 0 aromatic heterocycles. The predicted octanol–water partition coefficient (Wildman–Crippen LogP) is 2.27. The zero-order chi connectivity index (χ0) is 11.3. The highest BCUT2D eigenvalue weighted by molar-refractivity contribution is 6.30. The number of hydrogen-bond acceptors (Lipinski definition) is 3. The number of ether oxygens (including phenoxy) is 1. The van der Waals surface area contributed by atoms with Crippen molar-refractivity contribution in [2.24, 2.45) is 5.84 Å². The van der Waals surface area contributed by atoms with Crippen LogP contribution in [0.15, 0.2) is 24.3 Å². The van der Waals surface area contributed by atoms with Gasteiger partial charge in [0.15, 0.2) is 0 Å². The second-order valence-corrected chi connectivity index (χ2v) is 3.99. The molecule has 1 aromatic rings. The Hall–Kier alpha value is -0.610. The van der Waals surface area contributed by atoms with Crippen molar-refractivity contribution >= 4 is 11.6 Å². The number of rotatable bonds is 5. The molecule has 0 heterocycles. The molecular formula is C11H17ClN2O. The van der Waals surface area contributed by atoms with Crippen molar-refractivity contribution in [3.05, 3.63) is 34.9 Å². The first-order valence-electron chi connectivity index (χ1n) is 4.91. The van der Waals surface area contributed by atoms with Crippen molar-refractivity contribution in [1.29, 1.82) is 0 Å². The van der Waals surface area contributed by atoms with Crippen LogP contribution in [0.25, 0.3) is 0 Å². The van der Waals surface area contributed by atoms with Crippen molar-refractivity contribution in [3.63, 3.8) is 0 Å². The molecule has 0 saturated heterocycles. The maximum atomic E-state index is 5.92. The van der Waals surface area contributed by atoms with Gasteiger partial charge in [-0.3, -0.25) is 11.3 Å². The third kappa shape index (κ3) is 3.80. The van der Waals surface area contributed by atoms with Crippen LogP contribution in [-0.2, 0) is 4.74 Å². The maximum Gasteiger partial charge on any atom is 0.0561 e. The van der Waals surface area contributed by atoms with Crippen molar-refractivity contribution in [2.45, 2.75) is 25.5 Å². The Kier molecular flexibility index (Phi) is 5.05. The molecule has 2 unspecified atom stereocenters. The Labute approximate surface area is 95.5 Å². The summed E-state index contributed by atoms with van der Waals surface area (Å²) in [5.74, 6) is 5.51. The van der Waals surface area contributed by atoms with E-state index in [1.807, 2.05) is 31.2 Å². The maximum absolute atomic E-state index is 5.92. The summed E-state index contributed by atoms with van der Waals surface area (Å²) >= 11 is 5.92. The summed E-state index contributed by atoms with van der Waals surface area (Å²) in [4.78, 5) is 0. The molecule has 0 fully saturated rings. The first-order chi connectivity index (χ1) is 7.17. The molecule has 0 aliphatic rings. The lowest BCUT2D eigenvalue weighted by molar-refractivity contribution is 0.100. The van der Waals surface area contributed by atoms with E-state index in [2.05, 4.69) is 5.43 Å². The van der Waals surface area contributed by atoms with Gasteiger partial charge in [-0.2, -0.15) is 0 Å². The molecule has 3 nitrogen and oxygen atoms in total. The van der Waals surface area contributed by atoms with E-state index in [1.165, 1.54) is 0 Å². The van der Waals surface area contributed by atoms with Crippen molar-refractivity contribution in [3.8, 4) is 0 Å². The average molecular weight is 229 g/mol. The van der Waals surface area contributed by atoms with Gasteiger partial charge in [0.25, 0.3) is 0 Å². The third-order valence-electron chi connectivity index (χ3n) is 2.42. The molecule has 0 aliphatic heterocycles. The number of methoxy groups -OCH3 is 1. The van der Waals surface area contributed by atoms with E-state index in [0.29, 0.717) is 0 Å². The number of hydrazine groups is 1. The van der Waals surface area contributed by atoms with Crippen LogP contribution in [-0.4, -0.2) is 13.2 Å². The van der Waals surface area contributed by atoms with E-state index in [4.69, 9.17) is 22.2 Å². The van der Waals surface area contributed by atoms with Gasteiger partial charge < -0.3 is 4.74 Å². The van der Waals surface area contributed by atoms with E-state index in [1.54, 1.807) is 7.11 Å². The van der Waals surface area contributed by atoms with E-state index in [0.717, 1.165) is 17.0 Å². The summed E-state index contributed by atoms with van der Waals surface area (Å²) in [7, 11) is 1.69. The van der Waals surface area contributed by atoms with E-state index in [9.17, 15) is 0 Å². The van der Waals surface area contributed by atoms with Gasteiger partial charge in [-0.05, 0) is 31.0 Å². The molecule has 0 radical (unpaired) electrons. The van der Waals surface area contributed by atoms with Gasteiger partial charge in [0.1, 0.15) is 0 Å². The minimum Gasteiger partial charge on any atom is -0.382 e. The van der Waals surface area contributed by atoms with Crippen LogP contribution in [0.2, 0.25) is 5.02 Å². The van der Waals surface area contributed by atoms with Gasteiger partial charge in [0, 0.05) is 18.2 Å². The van der Waals surface area contributed by atoms with Gasteiger partial charge in [-0.15, -0.1) is 0 Å². The standard InChI is InChI=1S/C11H17ClN2O/c1-8(15-2)6-11(14-13)9-4-3-5-10(12)7-9/h3-5,7-8,11,14H,6,13H2,1-2H3. The molecule has 15 heavy (non-hydrogen) atoms. The highest BCUT2D eigenvalue weighted by Gasteiger charge is 2.13. The SMILES string of the molecule is COC(C)CC(NN)c1cccc(Cl)c1. The minimum absolute atomic E-state index is 0.0682. The van der Waals surface area contributed by atoms with Crippen LogP contribution in [0.5, 0.6) is 0 Å². The van der Waals surface area contributed by atoms with Crippen LogP contribution >= 0.6 is 11.6 Å². The average Bonchev–Trinajstić information content (AvgIpc) is 2.25. The summed E-state index contributed by atoms with van der Waals surface area (Å²) in [6, 6.07) is 7.74. The largest absolute Gasteiger partial charge is 0.382 e. The van der Waals surface area contributed by atoms with Crippen molar-refractivity contribution in [1.82, 2.24) is 5.43 Å². The minimum atomic E-state index is 0.0682. The van der Waals surface area contributed by atoms with Crippen LogP contribution in [0, 0.1) is 0 Å². The van der Waals surface area contributed by atoms with Gasteiger partial charge in [-0.25, -0.2) is 0 Å². The molecule has 2 atom stereocenters. The van der Waals surface area contributed by atoms with Gasteiger partial charge in [0.2, 0.25) is 0 Å². The fourth-order valence-corrected chi connectivity index (χ4v) is 1.65. The Morgan fingerprint density at radius 3 is 2.80 bits per heavy atom. The van der Waals surface area contributed by atoms with Crippen molar-refractivity contribution < 1.29 is 4.74 Å². The number of hydrogen-bond donors (Lipinski definition) is 2. The summed E-state index contributed by atoms with van der Waals surface area (Å²) < 4.78 is 5.21. The molecule has 0 bridgehead atoms. The molecule has 0 saturated carbocycles. The Morgan fingerprint density at radius 2 is 2.27 bits per heavy atom. The first kappa shape index (κ1) is 12.5. The molecular weight excluding hydrogens is 212 g/mol. The van der Waals surface area contributed by atoms with Gasteiger partial charge >= 0.3 is 0 Å². The quantitative estimate of drug-likeness (QED) is 0.601. The van der Waals surface area contributed by atoms with Crippen LogP contribution in [0.3, 0.4) is 0 Å². The summed E-state index contributed by atoms with van der Waals surface area (Å²) in [6.07, 6.45) is 0.970. The molecule has 84 valence electrons. The van der Waals surface area contributed by atoms with Crippen LogP contribution in [0.4, 0.5) is 0 Å². The summed E-state index contributed by atoms with van der Waals surface area (Å²) in [5, 5.41) is 0.720. The smallest absolute Gasteiger partial charge is 0.0561 e.